The van der Waals surface area contributed by atoms with Gasteiger partial charge in [0.05, 0.1) is 0 Å². The highest BCUT2D eigenvalue weighted by Crippen LogP contribution is 2.25. The molecule has 0 aromatic heterocycles. The molecule has 0 bridgehead atoms. The van der Waals surface area contributed by atoms with E-state index in [1.54, 1.807) is 0 Å². The van der Waals surface area contributed by atoms with Gasteiger partial charge in [-0.15, -0.1) is 0 Å². The van der Waals surface area contributed by atoms with E-state index in [-0.39, 0.29) is 6.42 Å². The summed E-state index contributed by atoms with van der Waals surface area (Å²) in [4.78, 5) is 11.0. The van der Waals surface area contributed by atoms with Crippen LogP contribution in [-0.4, -0.2) is 36.1 Å². The minimum atomic E-state index is -5.27. The molecule has 0 aromatic rings. The number of rotatable bonds is 6. The molecule has 100 valence electrons. The summed E-state index contributed by atoms with van der Waals surface area (Å²) in [6.45, 7) is 4.41. The van der Waals surface area contributed by atoms with E-state index in [4.69, 9.17) is 9.11 Å². The Bertz CT molecular complexity index is 472. The van der Waals surface area contributed by atoms with E-state index in [9.17, 15) is 21.6 Å². The van der Waals surface area contributed by atoms with Crippen molar-refractivity contribution in [2.75, 3.05) is 0 Å². The Balaban J connectivity index is 5.95. The third kappa shape index (κ3) is 3.25. The lowest BCUT2D eigenvalue weighted by atomic mass is 10.3. The minimum Gasteiger partial charge on any atom is -0.317 e. The molecule has 0 saturated heterocycles. The maximum Gasteiger partial charge on any atom is 0.306 e. The van der Waals surface area contributed by atoms with Crippen LogP contribution in [0.4, 0.5) is 0 Å². The highest BCUT2D eigenvalue weighted by atomic mass is 32.3. The van der Waals surface area contributed by atoms with Crippen LogP contribution in [0.15, 0.2) is 12.7 Å². The van der Waals surface area contributed by atoms with E-state index in [1.807, 2.05) is 0 Å². The van der Waals surface area contributed by atoms with Gasteiger partial charge in [-0.25, -0.2) is 0 Å². The fourth-order valence-corrected chi connectivity index (χ4v) is 3.60. The SMILES string of the molecule is C=CC(=O)NC(CCC)(S(=O)(=O)O)S(=O)(=O)O. The van der Waals surface area contributed by atoms with Gasteiger partial charge in [0.25, 0.3) is 4.20 Å². The highest BCUT2D eigenvalue weighted by Gasteiger charge is 2.55. The molecule has 0 fully saturated rings. The summed E-state index contributed by atoms with van der Waals surface area (Å²) in [5, 5.41) is 1.53. The molecular formula is C7H13NO7S2. The van der Waals surface area contributed by atoms with E-state index in [2.05, 4.69) is 6.58 Å². The number of hydrogen-bond donors (Lipinski definition) is 3. The first-order valence-electron chi connectivity index (χ1n) is 4.40. The van der Waals surface area contributed by atoms with E-state index in [0.29, 0.717) is 6.08 Å². The van der Waals surface area contributed by atoms with E-state index < -0.39 is 36.8 Å². The standard InChI is InChI=1S/C7H13NO7S2/c1-3-5-7(16(10,11)12,17(13,14)15)8-6(9)4-2/h4H,2-3,5H2,1H3,(H,8,9)(H,10,11,12)(H,13,14,15). The Labute approximate surface area is 99.2 Å². The molecule has 0 saturated carbocycles. The summed E-state index contributed by atoms with van der Waals surface area (Å²) in [5.41, 5.74) is 0. The number of nitrogens with one attached hydrogen (secondary N) is 1. The summed E-state index contributed by atoms with van der Waals surface area (Å²) in [5.74, 6) is -1.16. The molecule has 0 aliphatic carbocycles. The zero-order valence-electron chi connectivity index (χ0n) is 8.95. The molecule has 1 amide bonds. The summed E-state index contributed by atoms with van der Waals surface area (Å²) in [7, 11) is -10.5. The van der Waals surface area contributed by atoms with Crippen LogP contribution in [0.2, 0.25) is 0 Å². The van der Waals surface area contributed by atoms with Gasteiger partial charge in [0.2, 0.25) is 5.91 Å². The van der Waals surface area contributed by atoms with Gasteiger partial charge in [-0.05, 0) is 6.08 Å². The lowest BCUT2D eigenvalue weighted by molar-refractivity contribution is -0.117. The van der Waals surface area contributed by atoms with Gasteiger partial charge >= 0.3 is 20.2 Å². The van der Waals surface area contributed by atoms with Gasteiger partial charge in [-0.2, -0.15) is 16.8 Å². The topological polar surface area (TPSA) is 138 Å². The maximum atomic E-state index is 11.1. The van der Waals surface area contributed by atoms with Gasteiger partial charge in [0, 0.05) is 6.42 Å². The second-order valence-electron chi connectivity index (χ2n) is 3.15. The van der Waals surface area contributed by atoms with Gasteiger partial charge in [0.1, 0.15) is 0 Å². The van der Waals surface area contributed by atoms with Crippen molar-refractivity contribution in [3.8, 4) is 0 Å². The summed E-state index contributed by atoms with van der Waals surface area (Å²) >= 11 is 0. The Morgan fingerprint density at radius 1 is 1.29 bits per heavy atom. The first-order valence-corrected chi connectivity index (χ1v) is 7.28. The largest absolute Gasteiger partial charge is 0.317 e. The second kappa shape index (κ2) is 5.12. The van der Waals surface area contributed by atoms with Gasteiger partial charge < -0.3 is 5.32 Å². The average Bonchev–Trinajstić information content (AvgIpc) is 2.13. The average molecular weight is 287 g/mol. The number of hydrogen-bond acceptors (Lipinski definition) is 5. The fourth-order valence-electron chi connectivity index (χ4n) is 1.15. The molecule has 0 aliphatic rings. The third-order valence-corrected chi connectivity index (χ3v) is 5.45. The predicted octanol–water partition coefficient (Wildman–Crippen LogP) is -0.482. The summed E-state index contributed by atoms with van der Waals surface area (Å²) < 4.78 is 59.1. The first kappa shape index (κ1) is 16.0. The summed E-state index contributed by atoms with van der Waals surface area (Å²) in [6, 6.07) is 0. The zero-order chi connectivity index (χ0) is 13.9. The molecule has 0 rings (SSSR count). The monoisotopic (exact) mass is 287 g/mol. The molecule has 0 heterocycles. The quantitative estimate of drug-likeness (QED) is 0.443. The summed E-state index contributed by atoms with van der Waals surface area (Å²) in [6.07, 6.45) is -0.123. The van der Waals surface area contributed by atoms with Gasteiger partial charge in [-0.1, -0.05) is 19.9 Å². The Kier molecular flexibility index (Phi) is 4.83. The lowest BCUT2D eigenvalue weighted by Gasteiger charge is -2.27. The molecule has 0 atom stereocenters. The smallest absolute Gasteiger partial charge is 0.306 e. The van der Waals surface area contributed by atoms with Crippen molar-refractivity contribution < 1.29 is 30.7 Å². The fraction of sp³-hybridized carbons (Fsp3) is 0.571. The molecule has 0 radical (unpaired) electrons. The van der Waals surface area contributed by atoms with Crippen molar-refractivity contribution in [2.24, 2.45) is 0 Å². The van der Waals surface area contributed by atoms with Crippen LogP contribution in [0.1, 0.15) is 19.8 Å². The minimum absolute atomic E-state index is 0.0308. The number of amides is 1. The van der Waals surface area contributed by atoms with Gasteiger partial charge in [-0.3, -0.25) is 13.9 Å². The molecule has 17 heavy (non-hydrogen) atoms. The van der Waals surface area contributed by atoms with E-state index >= 15 is 0 Å². The molecule has 8 nitrogen and oxygen atoms in total. The number of carbonyl (C=O) groups is 1. The van der Waals surface area contributed by atoms with Gasteiger partial charge in [0.15, 0.2) is 0 Å². The van der Waals surface area contributed by atoms with Crippen LogP contribution in [0.25, 0.3) is 0 Å². The van der Waals surface area contributed by atoms with Crippen molar-refractivity contribution in [1.29, 1.82) is 0 Å². The normalized spacial score (nSPS) is 13.1. The van der Waals surface area contributed by atoms with Crippen LogP contribution in [-0.2, 0) is 25.0 Å². The number of carbonyl (C=O) groups excluding carboxylic acids is 1. The van der Waals surface area contributed by atoms with Crippen molar-refractivity contribution in [2.45, 2.75) is 24.0 Å². The Morgan fingerprint density at radius 3 is 1.94 bits per heavy atom. The lowest BCUT2D eigenvalue weighted by Crippen LogP contribution is -2.58. The highest BCUT2D eigenvalue weighted by molar-refractivity contribution is 8.05. The molecule has 0 unspecified atom stereocenters. The van der Waals surface area contributed by atoms with E-state index in [1.165, 1.54) is 12.2 Å². The van der Waals surface area contributed by atoms with Crippen LogP contribution in [0, 0.1) is 0 Å². The van der Waals surface area contributed by atoms with Crippen LogP contribution in [0.5, 0.6) is 0 Å². The zero-order valence-corrected chi connectivity index (χ0v) is 10.6. The molecular weight excluding hydrogens is 274 g/mol. The maximum absolute atomic E-state index is 11.1. The van der Waals surface area contributed by atoms with Crippen LogP contribution in [0.3, 0.4) is 0 Å². The van der Waals surface area contributed by atoms with Crippen LogP contribution >= 0.6 is 0 Å². The van der Waals surface area contributed by atoms with Crippen molar-refractivity contribution in [3.05, 3.63) is 12.7 Å². The second-order valence-corrected chi connectivity index (χ2v) is 6.70. The Hall–Kier alpha value is -0.970. The van der Waals surface area contributed by atoms with Crippen molar-refractivity contribution in [1.82, 2.24) is 5.32 Å². The Morgan fingerprint density at radius 2 is 1.71 bits per heavy atom. The third-order valence-electron chi connectivity index (χ3n) is 1.91. The molecule has 0 aliphatic heterocycles. The molecule has 0 spiro atoms. The van der Waals surface area contributed by atoms with Crippen molar-refractivity contribution >= 4 is 26.1 Å². The van der Waals surface area contributed by atoms with Crippen molar-refractivity contribution in [3.63, 3.8) is 0 Å². The van der Waals surface area contributed by atoms with Crippen LogP contribution < -0.4 is 5.32 Å². The first-order chi connectivity index (χ1) is 7.52. The molecule has 10 heteroatoms. The predicted molar refractivity (Wildman–Crippen MR) is 59.1 cm³/mol. The molecule has 0 aromatic carbocycles. The van der Waals surface area contributed by atoms with E-state index in [0.717, 1.165) is 0 Å². The molecule has 3 N–H and O–H groups in total.